The SMILES string of the molecule is CC=CCCc1c(F)cc(CCC2CCC(C3CCC(C[C@@H](C)c4ccccc4)CC3)CC2)cc1F. The molecule has 0 aliphatic heterocycles. The van der Waals surface area contributed by atoms with Crippen LogP contribution in [-0.4, -0.2) is 0 Å². The van der Waals surface area contributed by atoms with Crippen molar-refractivity contribution in [3.05, 3.63) is 82.9 Å². The van der Waals surface area contributed by atoms with Crippen molar-refractivity contribution >= 4 is 0 Å². The Balaban J connectivity index is 1.17. The van der Waals surface area contributed by atoms with Crippen molar-refractivity contribution in [1.29, 1.82) is 0 Å². The van der Waals surface area contributed by atoms with Crippen LogP contribution in [0.25, 0.3) is 0 Å². The lowest BCUT2D eigenvalue weighted by atomic mass is 9.67. The molecule has 0 bridgehead atoms. The summed E-state index contributed by atoms with van der Waals surface area (Å²) in [6.45, 7) is 4.33. The third-order valence-corrected chi connectivity index (χ3v) is 9.34. The summed E-state index contributed by atoms with van der Waals surface area (Å²) in [6, 6.07) is 14.2. The number of benzene rings is 2. The fraction of sp³-hybridized carbons (Fsp3) is 0.588. The predicted octanol–water partition coefficient (Wildman–Crippen LogP) is 10.2. The molecule has 0 aromatic heterocycles. The standard InChI is InChI=1S/C34H46F2/c1-3-4-6-11-32-33(35)23-28(24-34(32)36)13-12-26-14-18-30(19-15-26)31-20-16-27(17-21-31)22-25(2)29-9-7-5-8-10-29/h3-5,7-10,23-27,30-31H,6,11-22H2,1-2H3/t25-,26?,27?,30?,31?/m1/s1. The summed E-state index contributed by atoms with van der Waals surface area (Å²) in [6.07, 6.45) is 19.1. The lowest BCUT2D eigenvalue weighted by molar-refractivity contribution is 0.139. The summed E-state index contributed by atoms with van der Waals surface area (Å²) in [4.78, 5) is 0. The number of aryl methyl sites for hydroxylation is 1. The fourth-order valence-corrected chi connectivity index (χ4v) is 7.07. The molecule has 4 rings (SSSR count). The van der Waals surface area contributed by atoms with Gasteiger partial charge in [-0.15, -0.1) is 0 Å². The number of allylic oxidation sites excluding steroid dienone is 2. The second kappa shape index (κ2) is 13.5. The van der Waals surface area contributed by atoms with Gasteiger partial charge in [0, 0.05) is 5.56 Å². The van der Waals surface area contributed by atoms with Crippen LogP contribution in [0.5, 0.6) is 0 Å². The molecule has 0 unspecified atom stereocenters. The van der Waals surface area contributed by atoms with Crippen LogP contribution in [0.1, 0.15) is 107 Å². The normalized spacial score (nSPS) is 25.8. The summed E-state index contributed by atoms with van der Waals surface area (Å²) in [7, 11) is 0. The van der Waals surface area contributed by atoms with Gasteiger partial charge in [0.2, 0.25) is 0 Å². The van der Waals surface area contributed by atoms with Crippen molar-refractivity contribution in [3.8, 4) is 0 Å². The molecule has 0 spiro atoms. The van der Waals surface area contributed by atoms with Crippen LogP contribution in [0.4, 0.5) is 8.78 Å². The van der Waals surface area contributed by atoms with Crippen molar-refractivity contribution in [2.75, 3.05) is 0 Å². The average Bonchev–Trinajstić information content (AvgIpc) is 2.90. The third kappa shape index (κ3) is 7.53. The first-order valence-electron chi connectivity index (χ1n) is 14.7. The highest BCUT2D eigenvalue weighted by molar-refractivity contribution is 5.27. The van der Waals surface area contributed by atoms with Crippen LogP contribution in [0.15, 0.2) is 54.6 Å². The molecule has 0 heterocycles. The molecular weight excluding hydrogens is 446 g/mol. The van der Waals surface area contributed by atoms with Crippen LogP contribution in [0.2, 0.25) is 0 Å². The van der Waals surface area contributed by atoms with E-state index in [1.165, 1.54) is 63.4 Å². The summed E-state index contributed by atoms with van der Waals surface area (Å²) in [5.41, 5.74) is 2.55. The van der Waals surface area contributed by atoms with Crippen LogP contribution in [0.3, 0.4) is 0 Å². The van der Waals surface area contributed by atoms with Gasteiger partial charge >= 0.3 is 0 Å². The van der Waals surface area contributed by atoms with E-state index in [1.54, 1.807) is 12.1 Å². The summed E-state index contributed by atoms with van der Waals surface area (Å²) < 4.78 is 29.0. The Morgan fingerprint density at radius 2 is 1.39 bits per heavy atom. The van der Waals surface area contributed by atoms with E-state index in [0.29, 0.717) is 24.7 Å². The Kier molecular flexibility index (Phi) is 10.2. The van der Waals surface area contributed by atoms with Gasteiger partial charge in [-0.3, -0.25) is 0 Å². The third-order valence-electron chi connectivity index (χ3n) is 9.34. The molecule has 2 saturated carbocycles. The van der Waals surface area contributed by atoms with Crippen LogP contribution >= 0.6 is 0 Å². The first kappa shape index (κ1) is 27.1. The minimum Gasteiger partial charge on any atom is -0.207 e. The van der Waals surface area contributed by atoms with E-state index < -0.39 is 0 Å². The molecule has 2 aliphatic rings. The van der Waals surface area contributed by atoms with Gasteiger partial charge in [-0.05, 0) is 118 Å². The summed E-state index contributed by atoms with van der Waals surface area (Å²) >= 11 is 0. The molecule has 2 heteroatoms. The zero-order valence-corrected chi connectivity index (χ0v) is 22.5. The van der Waals surface area contributed by atoms with Gasteiger partial charge in [0.25, 0.3) is 0 Å². The van der Waals surface area contributed by atoms with Crippen molar-refractivity contribution in [1.82, 2.24) is 0 Å². The number of hydrogen-bond donors (Lipinski definition) is 0. The Labute approximate surface area is 218 Å². The molecule has 0 N–H and O–H groups in total. The second-order valence-corrected chi connectivity index (χ2v) is 11.8. The number of halogens is 2. The highest BCUT2D eigenvalue weighted by Gasteiger charge is 2.31. The molecule has 2 aliphatic carbocycles. The molecular formula is C34H46F2. The van der Waals surface area contributed by atoms with Gasteiger partial charge in [0.15, 0.2) is 0 Å². The van der Waals surface area contributed by atoms with E-state index in [4.69, 9.17) is 0 Å². The molecule has 196 valence electrons. The first-order chi connectivity index (χ1) is 17.5. The van der Waals surface area contributed by atoms with E-state index in [9.17, 15) is 8.78 Å². The van der Waals surface area contributed by atoms with E-state index in [1.807, 2.05) is 19.1 Å². The van der Waals surface area contributed by atoms with Crippen molar-refractivity contribution < 1.29 is 8.78 Å². The van der Waals surface area contributed by atoms with Crippen molar-refractivity contribution in [3.63, 3.8) is 0 Å². The monoisotopic (exact) mass is 492 g/mol. The van der Waals surface area contributed by atoms with E-state index >= 15 is 0 Å². The molecule has 0 saturated heterocycles. The van der Waals surface area contributed by atoms with Crippen LogP contribution in [0, 0.1) is 35.3 Å². The van der Waals surface area contributed by atoms with Gasteiger partial charge in [0.05, 0.1) is 0 Å². The Morgan fingerprint density at radius 3 is 1.97 bits per heavy atom. The molecule has 1 atom stereocenters. The average molecular weight is 493 g/mol. The molecule has 36 heavy (non-hydrogen) atoms. The van der Waals surface area contributed by atoms with Crippen LogP contribution in [-0.2, 0) is 12.8 Å². The maximum Gasteiger partial charge on any atom is 0.129 e. The Hall–Kier alpha value is -1.96. The Bertz CT molecular complexity index is 923. The van der Waals surface area contributed by atoms with Gasteiger partial charge in [-0.1, -0.05) is 75.1 Å². The molecule has 0 amide bonds. The van der Waals surface area contributed by atoms with Gasteiger partial charge in [0.1, 0.15) is 11.6 Å². The summed E-state index contributed by atoms with van der Waals surface area (Å²) in [5.74, 6) is 3.36. The zero-order chi connectivity index (χ0) is 25.3. The van der Waals surface area contributed by atoms with Gasteiger partial charge in [-0.25, -0.2) is 8.78 Å². The molecule has 2 aromatic carbocycles. The van der Waals surface area contributed by atoms with Gasteiger partial charge in [-0.2, -0.15) is 0 Å². The predicted molar refractivity (Wildman–Crippen MR) is 148 cm³/mol. The maximum absolute atomic E-state index is 14.5. The Morgan fingerprint density at radius 1 is 0.806 bits per heavy atom. The van der Waals surface area contributed by atoms with Crippen molar-refractivity contribution in [2.24, 2.45) is 23.7 Å². The highest BCUT2D eigenvalue weighted by atomic mass is 19.1. The fourth-order valence-electron chi connectivity index (χ4n) is 7.07. The van der Waals surface area contributed by atoms with E-state index in [0.717, 1.165) is 36.2 Å². The lowest BCUT2D eigenvalue weighted by Crippen LogP contribution is -2.26. The van der Waals surface area contributed by atoms with E-state index in [2.05, 4.69) is 37.3 Å². The second-order valence-electron chi connectivity index (χ2n) is 11.8. The molecule has 2 fully saturated rings. The molecule has 2 aromatic rings. The zero-order valence-electron chi connectivity index (χ0n) is 22.5. The minimum absolute atomic E-state index is 0.238. The summed E-state index contributed by atoms with van der Waals surface area (Å²) in [5, 5.41) is 0. The van der Waals surface area contributed by atoms with E-state index in [-0.39, 0.29) is 17.2 Å². The number of rotatable bonds is 10. The van der Waals surface area contributed by atoms with Crippen molar-refractivity contribution in [2.45, 2.75) is 103 Å². The lowest BCUT2D eigenvalue weighted by Gasteiger charge is -2.38. The quantitative estimate of drug-likeness (QED) is 0.289. The first-order valence-corrected chi connectivity index (χ1v) is 14.7. The molecule has 0 radical (unpaired) electrons. The molecule has 0 nitrogen and oxygen atoms in total. The minimum atomic E-state index is -0.369. The topological polar surface area (TPSA) is 0 Å². The number of hydrogen-bond acceptors (Lipinski definition) is 0. The van der Waals surface area contributed by atoms with Gasteiger partial charge < -0.3 is 0 Å². The van der Waals surface area contributed by atoms with Crippen LogP contribution < -0.4 is 0 Å². The maximum atomic E-state index is 14.5. The largest absolute Gasteiger partial charge is 0.207 e. The highest BCUT2D eigenvalue weighted by Crippen LogP contribution is 2.44. The smallest absolute Gasteiger partial charge is 0.129 e.